The highest BCUT2D eigenvalue weighted by Crippen LogP contribution is 2.54. The highest BCUT2D eigenvalue weighted by Gasteiger charge is 2.40. The lowest BCUT2D eigenvalue weighted by atomic mass is 9.72. The van der Waals surface area contributed by atoms with Crippen LogP contribution in [0.1, 0.15) is 40.0 Å². The summed E-state index contributed by atoms with van der Waals surface area (Å²) in [5.41, 5.74) is 6.75. The summed E-state index contributed by atoms with van der Waals surface area (Å²) < 4.78 is 0. The normalized spacial score (nSPS) is 36.8. The van der Waals surface area contributed by atoms with E-state index >= 15 is 0 Å². The second kappa shape index (κ2) is 3.23. The molecule has 2 unspecified atom stereocenters. The minimum absolute atomic E-state index is 0.325. The van der Waals surface area contributed by atoms with Gasteiger partial charge in [0.05, 0.1) is 0 Å². The molecule has 16 heavy (non-hydrogen) atoms. The largest absolute Gasteiger partial charge is 0.0811 e. The van der Waals surface area contributed by atoms with E-state index in [1.807, 2.05) is 0 Å². The van der Waals surface area contributed by atoms with Crippen LogP contribution in [0, 0.1) is 11.3 Å². The molecule has 0 aliphatic heterocycles. The zero-order valence-electron chi connectivity index (χ0n) is 10.5. The molecule has 0 bridgehead atoms. The fraction of sp³-hybridized carbons (Fsp3) is 0.500. The molecule has 0 heterocycles. The van der Waals surface area contributed by atoms with Crippen LogP contribution in [0.4, 0.5) is 0 Å². The lowest BCUT2D eigenvalue weighted by Gasteiger charge is -2.31. The van der Waals surface area contributed by atoms with Gasteiger partial charge in [0.2, 0.25) is 0 Å². The maximum Gasteiger partial charge on any atom is 0.0174 e. The van der Waals surface area contributed by atoms with Gasteiger partial charge in [-0.05, 0) is 37.7 Å². The molecule has 2 atom stereocenters. The molecule has 0 aromatic rings. The Hall–Kier alpha value is -1.04. The second-order valence-corrected chi connectivity index (χ2v) is 5.89. The standard InChI is InChI=1S/C16H20/c1-11-4-5-15-13(8-11)10-14-9-12(2)6-7-16(14,15)3/h4-6,9,11H,7-8,10H2,1-3H3. The SMILES string of the molecule is CC1=CCC2(C)C(=C1)CC1=C2C=CC(C)C1. The van der Waals surface area contributed by atoms with E-state index in [1.54, 1.807) is 16.7 Å². The molecule has 0 nitrogen and oxygen atoms in total. The van der Waals surface area contributed by atoms with Gasteiger partial charge in [-0.1, -0.05) is 54.9 Å². The van der Waals surface area contributed by atoms with Crippen LogP contribution < -0.4 is 0 Å². The molecule has 84 valence electrons. The Balaban J connectivity index is 2.04. The van der Waals surface area contributed by atoms with E-state index in [0.717, 1.165) is 5.92 Å². The molecular weight excluding hydrogens is 192 g/mol. The van der Waals surface area contributed by atoms with Crippen molar-refractivity contribution in [2.45, 2.75) is 40.0 Å². The third-order valence-electron chi connectivity index (χ3n) is 4.48. The third-order valence-corrected chi connectivity index (χ3v) is 4.48. The van der Waals surface area contributed by atoms with Crippen molar-refractivity contribution < 1.29 is 0 Å². The molecule has 0 radical (unpaired) electrons. The van der Waals surface area contributed by atoms with Crippen molar-refractivity contribution in [3.8, 4) is 0 Å². The molecule has 0 aromatic carbocycles. The van der Waals surface area contributed by atoms with E-state index in [1.165, 1.54) is 24.8 Å². The molecule has 0 aromatic heterocycles. The molecule has 0 spiro atoms. The molecular formula is C16H20. The molecule has 3 aliphatic rings. The molecule has 0 saturated heterocycles. The van der Waals surface area contributed by atoms with E-state index in [4.69, 9.17) is 0 Å². The van der Waals surface area contributed by atoms with Gasteiger partial charge in [-0.3, -0.25) is 0 Å². The third kappa shape index (κ3) is 1.29. The van der Waals surface area contributed by atoms with Crippen molar-refractivity contribution in [1.82, 2.24) is 0 Å². The molecule has 0 heteroatoms. The Kier molecular flexibility index (Phi) is 2.04. The van der Waals surface area contributed by atoms with Gasteiger partial charge in [-0.25, -0.2) is 0 Å². The summed E-state index contributed by atoms with van der Waals surface area (Å²) in [5.74, 6) is 0.733. The van der Waals surface area contributed by atoms with Crippen molar-refractivity contribution in [3.63, 3.8) is 0 Å². The Morgan fingerprint density at radius 1 is 1.38 bits per heavy atom. The second-order valence-electron chi connectivity index (χ2n) is 5.89. The van der Waals surface area contributed by atoms with Crippen molar-refractivity contribution in [3.05, 3.63) is 46.6 Å². The van der Waals surface area contributed by atoms with Crippen molar-refractivity contribution in [1.29, 1.82) is 0 Å². The van der Waals surface area contributed by atoms with E-state index in [0.29, 0.717) is 5.41 Å². The maximum absolute atomic E-state index is 2.42. The van der Waals surface area contributed by atoms with Crippen LogP contribution in [0.2, 0.25) is 0 Å². The average Bonchev–Trinajstić information content (AvgIpc) is 2.50. The highest BCUT2D eigenvalue weighted by molar-refractivity contribution is 5.53. The van der Waals surface area contributed by atoms with Gasteiger partial charge in [0, 0.05) is 5.41 Å². The van der Waals surface area contributed by atoms with Gasteiger partial charge < -0.3 is 0 Å². The first-order valence-corrected chi connectivity index (χ1v) is 6.38. The van der Waals surface area contributed by atoms with Crippen molar-refractivity contribution in [2.24, 2.45) is 11.3 Å². The molecule has 0 N–H and O–H groups in total. The van der Waals surface area contributed by atoms with Gasteiger partial charge in [-0.15, -0.1) is 0 Å². The summed E-state index contributed by atoms with van der Waals surface area (Å²) in [4.78, 5) is 0. The average molecular weight is 212 g/mol. The topological polar surface area (TPSA) is 0 Å². The molecule has 0 saturated carbocycles. The predicted molar refractivity (Wildman–Crippen MR) is 69.1 cm³/mol. The quantitative estimate of drug-likeness (QED) is 0.552. The molecule has 3 aliphatic carbocycles. The van der Waals surface area contributed by atoms with E-state index in [9.17, 15) is 0 Å². The number of hydrogen-bond donors (Lipinski definition) is 0. The van der Waals surface area contributed by atoms with Crippen LogP contribution in [0.25, 0.3) is 0 Å². The first-order valence-electron chi connectivity index (χ1n) is 6.38. The Labute approximate surface area is 98.4 Å². The maximum atomic E-state index is 2.42. The van der Waals surface area contributed by atoms with Crippen LogP contribution >= 0.6 is 0 Å². The van der Waals surface area contributed by atoms with Gasteiger partial charge in [0.1, 0.15) is 0 Å². The Morgan fingerprint density at radius 3 is 3.00 bits per heavy atom. The lowest BCUT2D eigenvalue weighted by molar-refractivity contribution is 0.500. The Bertz CT molecular complexity index is 456. The number of allylic oxidation sites excluding steroid dienone is 8. The molecule has 0 fully saturated rings. The van der Waals surface area contributed by atoms with Crippen LogP contribution in [0.3, 0.4) is 0 Å². The number of fused-ring (bicyclic) bond motifs is 2. The van der Waals surface area contributed by atoms with Crippen LogP contribution in [-0.4, -0.2) is 0 Å². The number of hydrogen-bond acceptors (Lipinski definition) is 0. The summed E-state index contributed by atoms with van der Waals surface area (Å²) >= 11 is 0. The number of rotatable bonds is 0. The monoisotopic (exact) mass is 212 g/mol. The minimum atomic E-state index is 0.325. The summed E-state index contributed by atoms with van der Waals surface area (Å²) in [6.07, 6.45) is 13.3. The van der Waals surface area contributed by atoms with Crippen LogP contribution in [0.5, 0.6) is 0 Å². The van der Waals surface area contributed by atoms with E-state index < -0.39 is 0 Å². The first-order chi connectivity index (χ1) is 7.59. The Morgan fingerprint density at radius 2 is 2.19 bits per heavy atom. The molecule has 3 rings (SSSR count). The van der Waals surface area contributed by atoms with Crippen molar-refractivity contribution >= 4 is 0 Å². The summed E-state index contributed by atoms with van der Waals surface area (Å²) in [6, 6.07) is 0. The zero-order valence-corrected chi connectivity index (χ0v) is 10.5. The van der Waals surface area contributed by atoms with E-state index in [2.05, 4.69) is 45.1 Å². The summed E-state index contributed by atoms with van der Waals surface area (Å²) in [7, 11) is 0. The minimum Gasteiger partial charge on any atom is -0.0811 e. The summed E-state index contributed by atoms with van der Waals surface area (Å²) in [5, 5.41) is 0. The van der Waals surface area contributed by atoms with Crippen LogP contribution in [0.15, 0.2) is 46.6 Å². The van der Waals surface area contributed by atoms with Gasteiger partial charge in [0.15, 0.2) is 0 Å². The van der Waals surface area contributed by atoms with Crippen molar-refractivity contribution in [2.75, 3.05) is 0 Å². The first kappa shape index (κ1) is 10.1. The molecule has 0 amide bonds. The van der Waals surface area contributed by atoms with Gasteiger partial charge >= 0.3 is 0 Å². The van der Waals surface area contributed by atoms with Gasteiger partial charge in [-0.2, -0.15) is 0 Å². The van der Waals surface area contributed by atoms with E-state index in [-0.39, 0.29) is 0 Å². The predicted octanol–water partition coefficient (Wildman–Crippen LogP) is 4.57. The fourth-order valence-electron chi connectivity index (χ4n) is 3.43. The smallest absolute Gasteiger partial charge is 0.0174 e. The summed E-state index contributed by atoms with van der Waals surface area (Å²) in [6.45, 7) is 6.97. The fourth-order valence-corrected chi connectivity index (χ4v) is 3.43. The zero-order chi connectivity index (χ0) is 11.3. The lowest BCUT2D eigenvalue weighted by Crippen LogP contribution is -2.19. The van der Waals surface area contributed by atoms with Crippen LogP contribution in [-0.2, 0) is 0 Å². The van der Waals surface area contributed by atoms with Gasteiger partial charge in [0.25, 0.3) is 0 Å². The highest BCUT2D eigenvalue weighted by atomic mass is 14.4.